The van der Waals surface area contributed by atoms with Crippen LogP contribution in [-0.2, 0) is 12.1 Å². The average Bonchev–Trinajstić information content (AvgIpc) is 3.33. The van der Waals surface area contributed by atoms with Crippen LogP contribution in [0.3, 0.4) is 0 Å². The zero-order chi connectivity index (χ0) is 21.6. The largest absolute Gasteiger partial charge is 0.335 e. The summed E-state index contributed by atoms with van der Waals surface area (Å²) >= 11 is 0. The number of benzene rings is 1. The number of nitrogens with one attached hydrogen (secondary N) is 3. The van der Waals surface area contributed by atoms with E-state index in [1.807, 2.05) is 36.9 Å². The normalized spacial score (nSPS) is 20.6. The van der Waals surface area contributed by atoms with E-state index in [2.05, 4.69) is 44.0 Å². The minimum atomic E-state index is -0.522. The second kappa shape index (κ2) is 7.13. The lowest BCUT2D eigenvalue weighted by atomic mass is 10.0. The fourth-order valence-electron chi connectivity index (χ4n) is 4.29. The van der Waals surface area contributed by atoms with Gasteiger partial charge in [0.15, 0.2) is 5.82 Å². The van der Waals surface area contributed by atoms with Gasteiger partial charge in [-0.1, -0.05) is 30.3 Å². The molecule has 0 radical (unpaired) electrons. The van der Waals surface area contributed by atoms with E-state index in [0.717, 1.165) is 17.7 Å². The number of aromatic nitrogens is 3. The number of nitriles is 1. The number of carbonyl (C=O) groups is 1. The van der Waals surface area contributed by atoms with Gasteiger partial charge in [-0.05, 0) is 38.0 Å². The smallest absolute Gasteiger partial charge is 0.318 e. The summed E-state index contributed by atoms with van der Waals surface area (Å²) < 4.78 is 0. The quantitative estimate of drug-likeness (QED) is 0.604. The first-order valence-corrected chi connectivity index (χ1v) is 10.3. The van der Waals surface area contributed by atoms with E-state index in [-0.39, 0.29) is 12.1 Å². The summed E-state index contributed by atoms with van der Waals surface area (Å²) in [6.07, 6.45) is 2.54. The number of hydrogen-bond acceptors (Lipinski definition) is 5. The second-order valence-corrected chi connectivity index (χ2v) is 8.55. The van der Waals surface area contributed by atoms with Gasteiger partial charge in [0.05, 0.1) is 29.4 Å². The number of nitrogens with zero attached hydrogens (tertiary/aromatic N) is 4. The topological polar surface area (TPSA) is 110 Å². The van der Waals surface area contributed by atoms with Crippen LogP contribution in [0.15, 0.2) is 48.7 Å². The van der Waals surface area contributed by atoms with Crippen molar-refractivity contribution >= 4 is 17.7 Å². The molecule has 31 heavy (non-hydrogen) atoms. The summed E-state index contributed by atoms with van der Waals surface area (Å²) in [5.41, 5.74) is 3.09. The van der Waals surface area contributed by atoms with Gasteiger partial charge in [0, 0.05) is 23.7 Å². The Morgan fingerprint density at radius 1 is 1.29 bits per heavy atom. The number of hydrogen-bond donors (Lipinski definition) is 3. The average molecular weight is 413 g/mol. The van der Waals surface area contributed by atoms with Crippen molar-refractivity contribution in [3.63, 3.8) is 0 Å². The molecule has 2 atom stereocenters. The van der Waals surface area contributed by atoms with Gasteiger partial charge in [-0.15, -0.1) is 0 Å². The van der Waals surface area contributed by atoms with Crippen LogP contribution in [0.5, 0.6) is 0 Å². The summed E-state index contributed by atoms with van der Waals surface area (Å²) in [4.78, 5) is 19.2. The fourth-order valence-corrected chi connectivity index (χ4v) is 4.29. The lowest BCUT2D eigenvalue weighted by molar-refractivity contribution is 0.142. The summed E-state index contributed by atoms with van der Waals surface area (Å²) in [7, 11) is 0. The van der Waals surface area contributed by atoms with Crippen LogP contribution in [0.1, 0.15) is 48.6 Å². The Hall–Kier alpha value is -3.86. The Morgan fingerprint density at radius 3 is 2.87 bits per heavy atom. The predicted octanol–water partition coefficient (Wildman–Crippen LogP) is 3.74. The first kappa shape index (κ1) is 19.1. The third kappa shape index (κ3) is 3.38. The first-order chi connectivity index (χ1) is 15.0. The van der Waals surface area contributed by atoms with E-state index in [0.29, 0.717) is 29.7 Å². The van der Waals surface area contributed by atoms with Gasteiger partial charge < -0.3 is 15.5 Å². The van der Waals surface area contributed by atoms with Gasteiger partial charge in [-0.25, -0.2) is 9.78 Å². The van der Waals surface area contributed by atoms with Gasteiger partial charge in [0.25, 0.3) is 0 Å². The summed E-state index contributed by atoms with van der Waals surface area (Å²) in [6, 6.07) is 15.8. The number of fused-ring (bicyclic) bond motifs is 1. The summed E-state index contributed by atoms with van der Waals surface area (Å²) in [6.45, 7) is 4.46. The molecule has 1 unspecified atom stereocenters. The maximum absolute atomic E-state index is 13.1. The molecular formula is C23H23N7O. The molecule has 5 rings (SSSR count). The number of aromatic amines is 1. The van der Waals surface area contributed by atoms with Crippen LogP contribution >= 0.6 is 0 Å². The Morgan fingerprint density at radius 2 is 2.10 bits per heavy atom. The molecule has 2 aliphatic rings. The zero-order valence-electron chi connectivity index (χ0n) is 17.4. The van der Waals surface area contributed by atoms with Gasteiger partial charge in [-0.3, -0.25) is 5.10 Å². The van der Waals surface area contributed by atoms with Gasteiger partial charge >= 0.3 is 6.03 Å². The molecule has 1 fully saturated rings. The fraction of sp³-hybridized carbons (Fsp3) is 0.304. The molecule has 8 nitrogen and oxygen atoms in total. The molecule has 1 aliphatic carbocycles. The monoisotopic (exact) mass is 413 g/mol. The molecule has 0 spiro atoms. The van der Waals surface area contributed by atoms with Crippen LogP contribution in [0.4, 0.5) is 16.4 Å². The number of carbonyl (C=O) groups excluding carboxylic acids is 1. The number of urea groups is 1. The molecule has 8 heteroatoms. The van der Waals surface area contributed by atoms with Crippen LogP contribution in [0, 0.1) is 11.3 Å². The number of rotatable bonds is 4. The second-order valence-electron chi connectivity index (χ2n) is 8.55. The van der Waals surface area contributed by atoms with Crippen LogP contribution in [-0.4, -0.2) is 32.2 Å². The summed E-state index contributed by atoms with van der Waals surface area (Å²) in [5.74, 6) is 1.54. The summed E-state index contributed by atoms with van der Waals surface area (Å²) in [5, 5.41) is 22.9. The molecule has 1 saturated carbocycles. The Labute approximate surface area is 180 Å². The van der Waals surface area contributed by atoms with Crippen molar-refractivity contribution in [2.45, 2.75) is 44.3 Å². The van der Waals surface area contributed by atoms with E-state index >= 15 is 0 Å². The molecule has 1 aliphatic heterocycles. The Bertz CT molecular complexity index is 1180. The minimum Gasteiger partial charge on any atom is -0.335 e. The Kier molecular flexibility index (Phi) is 4.40. The van der Waals surface area contributed by atoms with E-state index in [4.69, 9.17) is 5.26 Å². The molecule has 2 aromatic heterocycles. The van der Waals surface area contributed by atoms with Crippen molar-refractivity contribution < 1.29 is 4.79 Å². The molecular weight excluding hydrogens is 390 g/mol. The van der Waals surface area contributed by atoms with Crippen molar-refractivity contribution in [1.29, 1.82) is 5.26 Å². The van der Waals surface area contributed by atoms with Crippen molar-refractivity contribution in [3.8, 4) is 6.07 Å². The molecule has 3 aromatic rings. The molecule has 0 bridgehead atoms. The van der Waals surface area contributed by atoms with E-state index in [9.17, 15) is 4.79 Å². The van der Waals surface area contributed by atoms with Crippen LogP contribution < -0.4 is 10.6 Å². The highest BCUT2D eigenvalue weighted by molar-refractivity contribution is 5.78. The number of amides is 2. The van der Waals surface area contributed by atoms with Crippen molar-refractivity contribution in [2.24, 2.45) is 0 Å². The third-order valence-electron chi connectivity index (χ3n) is 6.18. The SMILES string of the molecule is CC1(C)c2[nH]nc(Nc3cc(C#N)ccn3)c2CN1C(=O)NC1C[C@@H]1c1ccccc1. The molecule has 0 saturated heterocycles. The molecule has 3 N–H and O–H groups in total. The zero-order valence-corrected chi connectivity index (χ0v) is 17.4. The lowest BCUT2D eigenvalue weighted by Gasteiger charge is -2.32. The molecule has 1 aromatic carbocycles. The number of pyridine rings is 1. The van der Waals surface area contributed by atoms with Crippen molar-refractivity contribution in [1.82, 2.24) is 25.4 Å². The highest BCUT2D eigenvalue weighted by Gasteiger charge is 2.46. The Balaban J connectivity index is 1.30. The number of anilines is 2. The van der Waals surface area contributed by atoms with E-state index in [1.165, 1.54) is 5.56 Å². The van der Waals surface area contributed by atoms with Gasteiger partial charge in [-0.2, -0.15) is 10.4 Å². The third-order valence-corrected chi connectivity index (χ3v) is 6.18. The molecule has 156 valence electrons. The highest BCUT2D eigenvalue weighted by Crippen LogP contribution is 2.43. The molecule has 3 heterocycles. The molecule has 2 amide bonds. The number of H-pyrrole nitrogens is 1. The van der Waals surface area contributed by atoms with Crippen LogP contribution in [0.25, 0.3) is 0 Å². The standard InChI is InChI=1S/C23H23N7O/c1-23(2)20-17(21(29-28-20)27-19-10-14(12-24)8-9-25-19)13-30(23)22(31)26-18-11-16(18)15-6-4-3-5-7-15/h3-10,16,18H,11,13H2,1-2H3,(H,26,31)(H2,25,27,28,29)/t16-,18?/m1/s1. The first-order valence-electron chi connectivity index (χ1n) is 10.3. The van der Waals surface area contributed by atoms with Crippen molar-refractivity contribution in [3.05, 3.63) is 71.0 Å². The maximum Gasteiger partial charge on any atom is 0.318 e. The van der Waals surface area contributed by atoms with Crippen LogP contribution in [0.2, 0.25) is 0 Å². The minimum absolute atomic E-state index is 0.0754. The van der Waals surface area contributed by atoms with E-state index < -0.39 is 5.54 Å². The maximum atomic E-state index is 13.1. The lowest BCUT2D eigenvalue weighted by Crippen LogP contribution is -2.47. The predicted molar refractivity (Wildman–Crippen MR) is 116 cm³/mol. The highest BCUT2D eigenvalue weighted by atomic mass is 16.2. The van der Waals surface area contributed by atoms with Gasteiger partial charge in [0.2, 0.25) is 0 Å². The van der Waals surface area contributed by atoms with E-state index in [1.54, 1.807) is 18.3 Å². The van der Waals surface area contributed by atoms with Crippen molar-refractivity contribution in [2.75, 3.05) is 5.32 Å². The van der Waals surface area contributed by atoms with Gasteiger partial charge in [0.1, 0.15) is 5.82 Å².